The van der Waals surface area contributed by atoms with Crippen LogP contribution in [0.5, 0.6) is 0 Å². The lowest BCUT2D eigenvalue weighted by atomic mass is 10.4. The van der Waals surface area contributed by atoms with Gasteiger partial charge in [-0.05, 0) is 13.8 Å². The molecule has 0 aliphatic heterocycles. The Kier molecular flexibility index (Phi) is 1.94. The van der Waals surface area contributed by atoms with E-state index in [2.05, 4.69) is 9.97 Å². The van der Waals surface area contributed by atoms with Crippen LogP contribution in [0.1, 0.15) is 11.4 Å². The van der Waals surface area contributed by atoms with E-state index in [4.69, 9.17) is 10.7 Å². The first-order valence-corrected chi connectivity index (χ1v) is 5.20. The van der Waals surface area contributed by atoms with Gasteiger partial charge < -0.3 is 4.98 Å². The van der Waals surface area contributed by atoms with E-state index in [-0.39, 0.29) is 5.16 Å². The summed E-state index contributed by atoms with van der Waals surface area (Å²) < 4.78 is 21.3. The minimum atomic E-state index is -3.70. The molecule has 0 radical (unpaired) electrons. The predicted molar refractivity (Wildman–Crippen MR) is 41.1 cm³/mol. The summed E-state index contributed by atoms with van der Waals surface area (Å²) >= 11 is 0. The molecule has 6 heteroatoms. The van der Waals surface area contributed by atoms with E-state index >= 15 is 0 Å². The Balaban J connectivity index is 3.29. The topological polar surface area (TPSA) is 62.8 Å². The highest BCUT2D eigenvalue weighted by Gasteiger charge is 2.14. The van der Waals surface area contributed by atoms with Crippen LogP contribution < -0.4 is 0 Å². The molecule has 1 aromatic heterocycles. The van der Waals surface area contributed by atoms with Crippen molar-refractivity contribution in [2.45, 2.75) is 19.0 Å². The van der Waals surface area contributed by atoms with E-state index in [1.54, 1.807) is 13.8 Å². The molecule has 0 fully saturated rings. The molecule has 1 N–H and O–H groups in total. The first-order chi connectivity index (χ1) is 4.91. The third kappa shape index (κ3) is 1.72. The lowest BCUT2D eigenvalue weighted by Gasteiger charge is -1.84. The van der Waals surface area contributed by atoms with Gasteiger partial charge >= 0.3 is 0 Å². The molecule has 62 valence electrons. The Morgan fingerprint density at radius 1 is 1.45 bits per heavy atom. The molecule has 1 aromatic rings. The largest absolute Gasteiger partial charge is 0.332 e. The first kappa shape index (κ1) is 8.55. The van der Waals surface area contributed by atoms with Gasteiger partial charge in [0, 0.05) is 16.4 Å². The molecule has 0 bridgehead atoms. The van der Waals surface area contributed by atoms with Gasteiger partial charge in [-0.1, -0.05) is 0 Å². The molecule has 0 saturated carbocycles. The minimum absolute atomic E-state index is 0.186. The van der Waals surface area contributed by atoms with Crippen LogP contribution in [0.4, 0.5) is 0 Å². The zero-order valence-corrected chi connectivity index (χ0v) is 7.62. The monoisotopic (exact) mass is 194 g/mol. The predicted octanol–water partition coefficient (Wildman–Crippen LogP) is 0.954. The number of hydrogen-bond acceptors (Lipinski definition) is 3. The molecule has 4 nitrogen and oxygen atoms in total. The molecule has 11 heavy (non-hydrogen) atoms. The number of aromatic amines is 1. The summed E-state index contributed by atoms with van der Waals surface area (Å²) in [6, 6.07) is 0. The van der Waals surface area contributed by atoms with Crippen molar-refractivity contribution >= 4 is 19.7 Å². The van der Waals surface area contributed by atoms with Crippen molar-refractivity contribution in [1.29, 1.82) is 0 Å². The Labute approximate surface area is 69.0 Å². The van der Waals surface area contributed by atoms with Gasteiger partial charge in [-0.3, -0.25) is 0 Å². The van der Waals surface area contributed by atoms with Gasteiger partial charge in [0.05, 0.1) is 5.69 Å². The Hall–Kier alpha value is -0.550. The molecule has 0 saturated heterocycles. The molecule has 0 amide bonds. The van der Waals surface area contributed by atoms with E-state index in [9.17, 15) is 8.42 Å². The minimum Gasteiger partial charge on any atom is -0.332 e. The highest BCUT2D eigenvalue weighted by atomic mass is 35.7. The summed E-state index contributed by atoms with van der Waals surface area (Å²) in [4.78, 5) is 6.26. The number of aromatic nitrogens is 2. The summed E-state index contributed by atoms with van der Waals surface area (Å²) in [5, 5.41) is -0.186. The highest BCUT2D eigenvalue weighted by molar-refractivity contribution is 8.13. The number of rotatable bonds is 1. The van der Waals surface area contributed by atoms with Crippen LogP contribution in [0.25, 0.3) is 0 Å². The Morgan fingerprint density at radius 2 is 2.00 bits per heavy atom. The smallest absolute Gasteiger partial charge is 0.294 e. The van der Waals surface area contributed by atoms with E-state index in [0.717, 1.165) is 0 Å². The summed E-state index contributed by atoms with van der Waals surface area (Å²) in [5.74, 6) is 0. The maximum Gasteiger partial charge on any atom is 0.294 e. The third-order valence-corrected chi connectivity index (χ3v) is 2.43. The number of nitrogens with zero attached hydrogens (tertiary/aromatic N) is 1. The fraction of sp³-hybridized carbons (Fsp3) is 0.400. The fourth-order valence-electron chi connectivity index (χ4n) is 0.630. The van der Waals surface area contributed by atoms with Gasteiger partial charge in [-0.15, -0.1) is 0 Å². The van der Waals surface area contributed by atoms with E-state index < -0.39 is 9.05 Å². The average molecular weight is 195 g/mol. The standard InChI is InChI=1S/C5H7ClN2O2S/c1-3-4(2)8-5(7-3)11(6,9)10/h1-2H3,(H,7,8). The van der Waals surface area contributed by atoms with Crippen LogP contribution in [-0.4, -0.2) is 18.4 Å². The Bertz CT molecular complexity index is 348. The molecule has 1 rings (SSSR count). The second-order valence-corrected chi connectivity index (χ2v) is 4.67. The van der Waals surface area contributed by atoms with Gasteiger partial charge in [-0.25, -0.2) is 13.4 Å². The summed E-state index contributed by atoms with van der Waals surface area (Å²) in [6.45, 7) is 3.44. The molecule has 0 spiro atoms. The number of H-pyrrole nitrogens is 1. The van der Waals surface area contributed by atoms with Crippen molar-refractivity contribution in [3.63, 3.8) is 0 Å². The van der Waals surface area contributed by atoms with Crippen molar-refractivity contribution in [2.75, 3.05) is 0 Å². The molecular formula is C5H7ClN2O2S. The van der Waals surface area contributed by atoms with Crippen LogP contribution in [0, 0.1) is 13.8 Å². The lowest BCUT2D eigenvalue weighted by Crippen LogP contribution is -1.92. The second-order valence-electron chi connectivity index (χ2n) is 2.19. The van der Waals surface area contributed by atoms with Crippen molar-refractivity contribution in [1.82, 2.24) is 9.97 Å². The summed E-state index contributed by atoms with van der Waals surface area (Å²) in [5.41, 5.74) is 1.36. The maximum absolute atomic E-state index is 10.7. The third-order valence-electron chi connectivity index (χ3n) is 1.34. The number of nitrogens with one attached hydrogen (secondary N) is 1. The van der Waals surface area contributed by atoms with Crippen molar-refractivity contribution in [3.05, 3.63) is 11.4 Å². The molecule has 0 aliphatic rings. The summed E-state index contributed by atoms with van der Waals surface area (Å²) in [7, 11) is 1.32. The number of halogens is 1. The van der Waals surface area contributed by atoms with Crippen LogP contribution in [0.3, 0.4) is 0 Å². The van der Waals surface area contributed by atoms with E-state index in [1.165, 1.54) is 0 Å². The average Bonchev–Trinajstić information content (AvgIpc) is 2.11. The zero-order chi connectivity index (χ0) is 8.65. The number of imidazole rings is 1. The summed E-state index contributed by atoms with van der Waals surface area (Å²) in [6.07, 6.45) is 0. The molecule has 1 heterocycles. The normalized spacial score (nSPS) is 11.9. The van der Waals surface area contributed by atoms with Gasteiger partial charge in [0.1, 0.15) is 0 Å². The Morgan fingerprint density at radius 3 is 2.18 bits per heavy atom. The van der Waals surface area contributed by atoms with Crippen LogP contribution >= 0.6 is 10.7 Å². The quantitative estimate of drug-likeness (QED) is 0.678. The maximum atomic E-state index is 10.7. The first-order valence-electron chi connectivity index (χ1n) is 2.89. The van der Waals surface area contributed by atoms with E-state index in [0.29, 0.717) is 11.4 Å². The number of aryl methyl sites for hydroxylation is 2. The van der Waals surface area contributed by atoms with Gasteiger partial charge in [0.2, 0.25) is 5.16 Å². The molecule has 0 atom stereocenters. The molecule has 0 aliphatic carbocycles. The second kappa shape index (κ2) is 2.49. The highest BCUT2D eigenvalue weighted by Crippen LogP contribution is 2.12. The molecule has 0 aromatic carbocycles. The zero-order valence-electron chi connectivity index (χ0n) is 6.05. The van der Waals surface area contributed by atoms with Crippen LogP contribution in [0.15, 0.2) is 5.16 Å². The van der Waals surface area contributed by atoms with Crippen molar-refractivity contribution < 1.29 is 8.42 Å². The van der Waals surface area contributed by atoms with Crippen LogP contribution in [-0.2, 0) is 9.05 Å². The van der Waals surface area contributed by atoms with Crippen molar-refractivity contribution in [3.8, 4) is 0 Å². The van der Waals surface area contributed by atoms with Gasteiger partial charge in [-0.2, -0.15) is 0 Å². The van der Waals surface area contributed by atoms with Gasteiger partial charge in [0.15, 0.2) is 0 Å². The number of hydrogen-bond donors (Lipinski definition) is 1. The SMILES string of the molecule is Cc1nc(S(=O)(=O)Cl)[nH]c1C. The van der Waals surface area contributed by atoms with Crippen molar-refractivity contribution in [2.24, 2.45) is 0 Å². The van der Waals surface area contributed by atoms with Crippen LogP contribution in [0.2, 0.25) is 0 Å². The molecule has 0 unspecified atom stereocenters. The van der Waals surface area contributed by atoms with Gasteiger partial charge in [0.25, 0.3) is 9.05 Å². The van der Waals surface area contributed by atoms with E-state index in [1.807, 2.05) is 0 Å². The fourth-order valence-corrected chi connectivity index (χ4v) is 1.37. The lowest BCUT2D eigenvalue weighted by molar-refractivity contribution is 0.602. The molecular weight excluding hydrogens is 188 g/mol.